The molecule has 0 atom stereocenters. The van der Waals surface area contributed by atoms with Gasteiger partial charge >= 0.3 is 0 Å². The predicted molar refractivity (Wildman–Crippen MR) is 125 cm³/mol. The maximum Gasteiger partial charge on any atom is 0.266 e. The highest BCUT2D eigenvalue weighted by Crippen LogP contribution is 2.28. The van der Waals surface area contributed by atoms with Crippen molar-refractivity contribution in [1.29, 1.82) is 0 Å². The first-order chi connectivity index (χ1) is 15.2. The van der Waals surface area contributed by atoms with Crippen LogP contribution in [-0.2, 0) is 16.6 Å². The van der Waals surface area contributed by atoms with Crippen molar-refractivity contribution in [3.8, 4) is 0 Å². The number of thiazole rings is 1. The molecule has 2 heterocycles. The molecule has 0 aliphatic rings. The van der Waals surface area contributed by atoms with Crippen LogP contribution in [-0.4, -0.2) is 23.2 Å². The van der Waals surface area contributed by atoms with Gasteiger partial charge in [-0.2, -0.15) is 5.10 Å². The molecule has 0 bridgehead atoms. The van der Waals surface area contributed by atoms with E-state index in [4.69, 9.17) is 11.6 Å². The number of aromatic nitrogens is 3. The van der Waals surface area contributed by atoms with Gasteiger partial charge in [0.2, 0.25) is 0 Å². The van der Waals surface area contributed by atoms with E-state index in [-0.39, 0.29) is 5.13 Å². The average Bonchev–Trinajstić information content (AvgIpc) is 3.33. The van der Waals surface area contributed by atoms with Gasteiger partial charge in [0, 0.05) is 22.3 Å². The molecule has 0 radical (unpaired) electrons. The highest BCUT2D eigenvalue weighted by Gasteiger charge is 2.21. The summed E-state index contributed by atoms with van der Waals surface area (Å²) in [4.78, 5) is 3.41. The van der Waals surface area contributed by atoms with Gasteiger partial charge in [0.25, 0.3) is 10.0 Å². The summed E-state index contributed by atoms with van der Waals surface area (Å²) in [6, 6.07) is 11.4. The van der Waals surface area contributed by atoms with E-state index in [0.717, 1.165) is 40.0 Å². The fraction of sp³-hybridized carbons (Fsp3) is 0.143. The molecule has 11 heteroatoms. The molecule has 2 N–H and O–H groups in total. The Hall–Kier alpha value is -2.95. The highest BCUT2D eigenvalue weighted by atomic mass is 35.5. The minimum Gasteiger partial charge on any atom is -0.352 e. The molecule has 4 aromatic rings. The number of hydrogen-bond acceptors (Lipinski definition) is 6. The Labute approximate surface area is 193 Å². The van der Waals surface area contributed by atoms with Gasteiger partial charge in [-0.05, 0) is 49.7 Å². The van der Waals surface area contributed by atoms with Crippen LogP contribution in [0.4, 0.5) is 20.9 Å². The lowest BCUT2D eigenvalue weighted by atomic mass is 10.2. The molecule has 2 aromatic carbocycles. The first kappa shape index (κ1) is 22.3. The molecule has 7 nitrogen and oxygen atoms in total. The second-order valence-electron chi connectivity index (χ2n) is 7.04. The molecule has 0 unspecified atom stereocenters. The Morgan fingerprint density at radius 1 is 1.16 bits per heavy atom. The summed E-state index contributed by atoms with van der Waals surface area (Å²) in [5, 5.41) is 10.2. The van der Waals surface area contributed by atoms with Crippen LogP contribution >= 0.6 is 22.9 Å². The Morgan fingerprint density at radius 3 is 2.56 bits per heavy atom. The minimum atomic E-state index is -4.08. The molecule has 0 fully saturated rings. The van der Waals surface area contributed by atoms with E-state index in [2.05, 4.69) is 20.1 Å². The Morgan fingerprint density at radius 2 is 1.91 bits per heavy atom. The number of nitrogens with zero attached hydrogens (tertiary/aromatic N) is 3. The fourth-order valence-electron chi connectivity index (χ4n) is 3.18. The molecule has 0 saturated carbocycles. The van der Waals surface area contributed by atoms with Crippen LogP contribution in [0.1, 0.15) is 17.0 Å². The summed E-state index contributed by atoms with van der Waals surface area (Å²) in [6.45, 7) is 4.31. The molecular formula is C21H19ClFN5O2S2. The third kappa shape index (κ3) is 4.77. The van der Waals surface area contributed by atoms with Gasteiger partial charge in [-0.15, -0.1) is 11.3 Å². The molecule has 0 aliphatic carbocycles. The molecule has 0 spiro atoms. The standard InChI is InChI=1S/C21H19ClFN5O2S2/c1-13-20(14(2)28(26-13)12-15-3-5-16(22)6-4-15)25-17-7-8-19(18(23)11-17)32(29,30)27-21-24-9-10-31-21/h3-11,25H,12H2,1-2H3,(H,24,27). The fourth-order valence-corrected chi connectivity index (χ4v) is 5.15. The van der Waals surface area contributed by atoms with Crippen molar-refractivity contribution in [1.82, 2.24) is 14.8 Å². The SMILES string of the molecule is Cc1nn(Cc2ccc(Cl)cc2)c(C)c1Nc1ccc(S(=O)(=O)Nc2nccs2)c(F)c1. The normalized spacial score (nSPS) is 11.5. The summed E-state index contributed by atoms with van der Waals surface area (Å²) in [7, 11) is -4.08. The highest BCUT2D eigenvalue weighted by molar-refractivity contribution is 7.93. The summed E-state index contributed by atoms with van der Waals surface area (Å²) in [5.41, 5.74) is 3.78. The summed E-state index contributed by atoms with van der Waals surface area (Å²) >= 11 is 7.06. The topological polar surface area (TPSA) is 88.9 Å². The zero-order valence-corrected chi connectivity index (χ0v) is 19.5. The van der Waals surface area contributed by atoms with Gasteiger partial charge < -0.3 is 5.32 Å². The van der Waals surface area contributed by atoms with Crippen molar-refractivity contribution >= 4 is 49.5 Å². The smallest absolute Gasteiger partial charge is 0.266 e. The number of nitrogens with one attached hydrogen (secondary N) is 2. The van der Waals surface area contributed by atoms with Crippen molar-refractivity contribution in [3.63, 3.8) is 0 Å². The number of halogens is 2. The van der Waals surface area contributed by atoms with E-state index in [1.165, 1.54) is 18.3 Å². The lowest BCUT2D eigenvalue weighted by Crippen LogP contribution is -2.14. The van der Waals surface area contributed by atoms with Gasteiger partial charge in [0.1, 0.15) is 10.7 Å². The maximum absolute atomic E-state index is 14.7. The van der Waals surface area contributed by atoms with Crippen molar-refractivity contribution < 1.29 is 12.8 Å². The molecule has 2 aromatic heterocycles. The number of sulfonamides is 1. The third-order valence-electron chi connectivity index (χ3n) is 4.77. The van der Waals surface area contributed by atoms with Crippen molar-refractivity contribution in [3.05, 3.63) is 81.8 Å². The molecule has 0 saturated heterocycles. The zero-order valence-electron chi connectivity index (χ0n) is 17.1. The maximum atomic E-state index is 14.7. The zero-order chi connectivity index (χ0) is 22.9. The number of anilines is 3. The second-order valence-corrected chi connectivity index (χ2v) is 10.0. The van der Waals surface area contributed by atoms with Crippen molar-refractivity contribution in [2.24, 2.45) is 0 Å². The minimum absolute atomic E-state index is 0.172. The van der Waals surface area contributed by atoms with E-state index < -0.39 is 20.7 Å². The Balaban J connectivity index is 1.55. The van der Waals surface area contributed by atoms with Gasteiger partial charge in [0.05, 0.1) is 23.6 Å². The second kappa shape index (κ2) is 8.89. The molecule has 166 valence electrons. The molecule has 0 amide bonds. The van der Waals surface area contributed by atoms with E-state index in [1.807, 2.05) is 42.8 Å². The van der Waals surface area contributed by atoms with E-state index in [9.17, 15) is 12.8 Å². The Kier molecular flexibility index (Phi) is 6.18. The lowest BCUT2D eigenvalue weighted by molar-refractivity contribution is 0.570. The van der Waals surface area contributed by atoms with Crippen LogP contribution in [0.2, 0.25) is 5.02 Å². The molecular weight excluding hydrogens is 473 g/mol. The molecule has 32 heavy (non-hydrogen) atoms. The van der Waals surface area contributed by atoms with Crippen LogP contribution < -0.4 is 10.0 Å². The number of rotatable bonds is 7. The number of benzene rings is 2. The number of hydrogen-bond donors (Lipinski definition) is 2. The van der Waals surface area contributed by atoms with Crippen LogP contribution in [0.15, 0.2) is 58.9 Å². The largest absolute Gasteiger partial charge is 0.352 e. The van der Waals surface area contributed by atoms with Gasteiger partial charge in [-0.1, -0.05) is 23.7 Å². The summed E-state index contributed by atoms with van der Waals surface area (Å²) < 4.78 is 43.7. The van der Waals surface area contributed by atoms with Crippen LogP contribution in [0.25, 0.3) is 0 Å². The van der Waals surface area contributed by atoms with Gasteiger partial charge in [0.15, 0.2) is 5.13 Å². The summed E-state index contributed by atoms with van der Waals surface area (Å²) in [5.74, 6) is -0.872. The number of aryl methyl sites for hydroxylation is 1. The Bertz CT molecular complexity index is 1350. The predicted octanol–water partition coefficient (Wildman–Crippen LogP) is 5.34. The van der Waals surface area contributed by atoms with Crippen molar-refractivity contribution in [2.75, 3.05) is 10.0 Å². The van der Waals surface area contributed by atoms with E-state index >= 15 is 0 Å². The molecule has 0 aliphatic heterocycles. The third-order valence-corrected chi connectivity index (χ3v) is 7.21. The van der Waals surface area contributed by atoms with E-state index in [0.29, 0.717) is 17.3 Å². The monoisotopic (exact) mass is 491 g/mol. The van der Waals surface area contributed by atoms with E-state index in [1.54, 1.807) is 5.38 Å². The van der Waals surface area contributed by atoms with Crippen molar-refractivity contribution in [2.45, 2.75) is 25.3 Å². The first-order valence-electron chi connectivity index (χ1n) is 9.50. The van der Waals surface area contributed by atoms with Gasteiger partial charge in [-0.25, -0.2) is 17.8 Å². The van der Waals surface area contributed by atoms with Crippen LogP contribution in [0.5, 0.6) is 0 Å². The summed E-state index contributed by atoms with van der Waals surface area (Å²) in [6.07, 6.45) is 1.46. The van der Waals surface area contributed by atoms with Gasteiger partial charge in [-0.3, -0.25) is 9.40 Å². The van der Waals surface area contributed by atoms with Crippen LogP contribution in [0, 0.1) is 19.7 Å². The average molecular weight is 492 g/mol. The molecule has 4 rings (SSSR count). The quantitative estimate of drug-likeness (QED) is 0.364. The lowest BCUT2D eigenvalue weighted by Gasteiger charge is -2.11. The first-order valence-corrected chi connectivity index (χ1v) is 12.2. The van der Waals surface area contributed by atoms with Crippen LogP contribution in [0.3, 0.4) is 0 Å².